The number of ether oxygens (including phenoxy) is 3. The van der Waals surface area contributed by atoms with E-state index in [0.29, 0.717) is 19.3 Å². The van der Waals surface area contributed by atoms with Crippen LogP contribution in [0.25, 0.3) is 0 Å². The first-order chi connectivity index (χ1) is 35.0. The molecule has 6 nitrogen and oxygen atoms in total. The third-order valence-corrected chi connectivity index (χ3v) is 12.0. The standard InChI is InChI=1S/C65H106O6/c1-4-7-10-13-16-19-22-25-28-30-32-34-37-40-43-46-49-52-55-58-64(67)70-61-62(60-69-63(66)57-54-51-48-45-42-39-36-27-24-21-18-15-12-9-6-3)71-65(68)59-56-53-50-47-44-41-38-35-33-31-29-26-23-20-17-14-11-8-5-2/h7-8,10-11,16-17,19-20,25-26,28-29,32-35,40-41,43-44,62H,4-6,9,12-15,18,21-24,27,30-31,36-39,42,45-61H2,1-3H3/b10-7-,11-8-,19-16-,20-17-,28-25-,29-26-,34-32-,35-33-,43-40-,44-41-/t62-/m1/s1. The Balaban J connectivity index is 4.52. The first-order valence-corrected chi connectivity index (χ1v) is 29.0. The van der Waals surface area contributed by atoms with E-state index in [4.69, 9.17) is 14.2 Å². The lowest BCUT2D eigenvalue weighted by atomic mass is 10.0. The second kappa shape index (κ2) is 58.4. The van der Waals surface area contributed by atoms with E-state index in [9.17, 15) is 14.4 Å². The van der Waals surface area contributed by atoms with Gasteiger partial charge < -0.3 is 14.2 Å². The molecule has 0 unspecified atom stereocenters. The number of unbranched alkanes of at least 4 members (excludes halogenated alkanes) is 20. The molecule has 0 radical (unpaired) electrons. The Labute approximate surface area is 437 Å². The summed E-state index contributed by atoms with van der Waals surface area (Å²) in [6.45, 7) is 6.36. The van der Waals surface area contributed by atoms with Crippen LogP contribution < -0.4 is 0 Å². The van der Waals surface area contributed by atoms with Gasteiger partial charge in [-0.3, -0.25) is 14.4 Å². The Bertz CT molecular complexity index is 1500. The van der Waals surface area contributed by atoms with Crippen molar-refractivity contribution in [1.82, 2.24) is 0 Å². The van der Waals surface area contributed by atoms with Crippen LogP contribution in [-0.4, -0.2) is 37.2 Å². The molecule has 0 N–H and O–H groups in total. The Morgan fingerprint density at radius 2 is 0.549 bits per heavy atom. The number of carbonyl (C=O) groups excluding carboxylic acids is 3. The van der Waals surface area contributed by atoms with E-state index in [0.717, 1.165) is 128 Å². The first-order valence-electron chi connectivity index (χ1n) is 29.0. The molecule has 0 saturated heterocycles. The molecule has 0 saturated carbocycles. The highest BCUT2D eigenvalue weighted by Crippen LogP contribution is 2.15. The lowest BCUT2D eigenvalue weighted by molar-refractivity contribution is -0.167. The first kappa shape index (κ1) is 66.8. The van der Waals surface area contributed by atoms with Gasteiger partial charge in [-0.1, -0.05) is 245 Å². The second-order valence-corrected chi connectivity index (χ2v) is 18.8. The van der Waals surface area contributed by atoms with Gasteiger partial charge in [0.2, 0.25) is 0 Å². The zero-order chi connectivity index (χ0) is 51.4. The number of carbonyl (C=O) groups is 3. The molecule has 402 valence electrons. The van der Waals surface area contributed by atoms with Gasteiger partial charge in [0, 0.05) is 19.3 Å². The molecule has 1 atom stereocenters. The van der Waals surface area contributed by atoms with Gasteiger partial charge in [-0.2, -0.15) is 0 Å². The minimum Gasteiger partial charge on any atom is -0.462 e. The van der Waals surface area contributed by atoms with Crippen LogP contribution in [0, 0.1) is 0 Å². The van der Waals surface area contributed by atoms with Gasteiger partial charge in [0.05, 0.1) is 0 Å². The average Bonchev–Trinajstić information content (AvgIpc) is 3.37. The minimum atomic E-state index is -0.812. The van der Waals surface area contributed by atoms with E-state index in [-0.39, 0.29) is 37.5 Å². The number of allylic oxidation sites excluding steroid dienone is 20. The van der Waals surface area contributed by atoms with Gasteiger partial charge in [-0.05, 0) is 109 Å². The van der Waals surface area contributed by atoms with Crippen molar-refractivity contribution < 1.29 is 28.6 Å². The van der Waals surface area contributed by atoms with Crippen LogP contribution in [-0.2, 0) is 28.6 Å². The van der Waals surface area contributed by atoms with E-state index in [2.05, 4.69) is 142 Å². The van der Waals surface area contributed by atoms with Crippen LogP contribution in [0.2, 0.25) is 0 Å². The lowest BCUT2D eigenvalue weighted by Crippen LogP contribution is -2.30. The topological polar surface area (TPSA) is 78.9 Å². The molecule has 0 fully saturated rings. The zero-order valence-electron chi connectivity index (χ0n) is 45.9. The smallest absolute Gasteiger partial charge is 0.306 e. The van der Waals surface area contributed by atoms with E-state index >= 15 is 0 Å². The average molecular weight is 984 g/mol. The van der Waals surface area contributed by atoms with Crippen molar-refractivity contribution in [1.29, 1.82) is 0 Å². The highest BCUT2D eigenvalue weighted by Gasteiger charge is 2.19. The van der Waals surface area contributed by atoms with Crippen molar-refractivity contribution in [3.8, 4) is 0 Å². The molecule has 0 aromatic heterocycles. The summed E-state index contributed by atoms with van der Waals surface area (Å²) in [6, 6.07) is 0. The van der Waals surface area contributed by atoms with E-state index in [1.807, 2.05) is 0 Å². The predicted molar refractivity (Wildman–Crippen MR) is 306 cm³/mol. The minimum absolute atomic E-state index is 0.103. The van der Waals surface area contributed by atoms with Gasteiger partial charge in [-0.15, -0.1) is 0 Å². The van der Waals surface area contributed by atoms with Crippen LogP contribution in [0.3, 0.4) is 0 Å². The number of rotatable bonds is 51. The molecular formula is C65H106O6. The molecule has 71 heavy (non-hydrogen) atoms. The van der Waals surface area contributed by atoms with Crippen LogP contribution >= 0.6 is 0 Å². The monoisotopic (exact) mass is 983 g/mol. The fourth-order valence-corrected chi connectivity index (χ4v) is 7.67. The SMILES string of the molecule is CC/C=C\C/C=C\C/C=C\C/C=C\C/C=C\CCCCCC(=O)OC[C@@H](COC(=O)CCCCCCCCCCCCCCCCC)OC(=O)CCCCC/C=C\C/C=C\C/C=C\C/C=C\C/C=C\CC. The fraction of sp³-hybridized carbons (Fsp3) is 0.646. The number of hydrogen-bond acceptors (Lipinski definition) is 6. The predicted octanol–water partition coefficient (Wildman–Crippen LogP) is 19.6. The molecule has 0 aliphatic rings. The third-order valence-electron chi connectivity index (χ3n) is 12.0. The summed E-state index contributed by atoms with van der Waals surface area (Å²) in [5.74, 6) is -0.968. The molecule has 0 aliphatic carbocycles. The maximum absolute atomic E-state index is 12.9. The second-order valence-electron chi connectivity index (χ2n) is 18.8. The highest BCUT2D eigenvalue weighted by atomic mass is 16.6. The molecule has 0 amide bonds. The van der Waals surface area contributed by atoms with Gasteiger partial charge in [0.15, 0.2) is 6.10 Å². The quantitative estimate of drug-likeness (QED) is 0.0261. The van der Waals surface area contributed by atoms with Crippen LogP contribution in [0.5, 0.6) is 0 Å². The Hall–Kier alpha value is -4.19. The Kier molecular flexibility index (Phi) is 54.9. The zero-order valence-corrected chi connectivity index (χ0v) is 45.9. The van der Waals surface area contributed by atoms with Crippen molar-refractivity contribution in [2.45, 2.75) is 258 Å². The van der Waals surface area contributed by atoms with Gasteiger partial charge >= 0.3 is 17.9 Å². The molecule has 0 bridgehead atoms. The van der Waals surface area contributed by atoms with E-state index < -0.39 is 6.10 Å². The van der Waals surface area contributed by atoms with Crippen LogP contribution in [0.4, 0.5) is 0 Å². The summed E-state index contributed by atoms with van der Waals surface area (Å²) in [7, 11) is 0. The maximum atomic E-state index is 12.9. The van der Waals surface area contributed by atoms with Crippen LogP contribution in [0.15, 0.2) is 122 Å². The molecule has 0 aromatic rings. The van der Waals surface area contributed by atoms with E-state index in [1.54, 1.807) is 0 Å². The molecule has 0 aromatic carbocycles. The van der Waals surface area contributed by atoms with Crippen molar-refractivity contribution >= 4 is 17.9 Å². The summed E-state index contributed by atoms with van der Waals surface area (Å²) in [5, 5.41) is 0. The van der Waals surface area contributed by atoms with Gasteiger partial charge in [0.1, 0.15) is 13.2 Å². The molecule has 6 heteroatoms. The lowest BCUT2D eigenvalue weighted by Gasteiger charge is -2.18. The summed E-state index contributed by atoms with van der Waals surface area (Å²) >= 11 is 0. The summed E-state index contributed by atoms with van der Waals surface area (Å²) in [4.78, 5) is 38.2. The van der Waals surface area contributed by atoms with E-state index in [1.165, 1.54) is 77.0 Å². The van der Waals surface area contributed by atoms with Crippen molar-refractivity contribution in [2.24, 2.45) is 0 Å². The Morgan fingerprint density at radius 1 is 0.296 bits per heavy atom. The Morgan fingerprint density at radius 3 is 0.859 bits per heavy atom. The van der Waals surface area contributed by atoms with Crippen LogP contribution in [0.1, 0.15) is 252 Å². The van der Waals surface area contributed by atoms with Gasteiger partial charge in [0.25, 0.3) is 0 Å². The summed E-state index contributed by atoms with van der Waals surface area (Å²) in [6.07, 6.45) is 80.4. The molecular weight excluding hydrogens is 877 g/mol. The molecule has 0 aliphatic heterocycles. The number of hydrogen-bond donors (Lipinski definition) is 0. The highest BCUT2D eigenvalue weighted by molar-refractivity contribution is 5.71. The van der Waals surface area contributed by atoms with Crippen molar-refractivity contribution in [3.63, 3.8) is 0 Å². The molecule has 0 spiro atoms. The maximum Gasteiger partial charge on any atom is 0.306 e. The largest absolute Gasteiger partial charge is 0.462 e. The van der Waals surface area contributed by atoms with Crippen molar-refractivity contribution in [2.75, 3.05) is 13.2 Å². The summed E-state index contributed by atoms with van der Waals surface area (Å²) in [5.41, 5.74) is 0. The molecule has 0 rings (SSSR count). The number of esters is 3. The third kappa shape index (κ3) is 56.6. The molecule has 0 heterocycles. The normalized spacial score (nSPS) is 13.0. The van der Waals surface area contributed by atoms with Crippen molar-refractivity contribution in [3.05, 3.63) is 122 Å². The fourth-order valence-electron chi connectivity index (χ4n) is 7.67. The van der Waals surface area contributed by atoms with Gasteiger partial charge in [-0.25, -0.2) is 0 Å². The summed E-state index contributed by atoms with van der Waals surface area (Å²) < 4.78 is 16.8.